The summed E-state index contributed by atoms with van der Waals surface area (Å²) in [5, 5.41) is 6.37. The molecule has 24 heavy (non-hydrogen) atoms. The molecule has 1 aromatic rings. The molecule has 1 fully saturated rings. The van der Waals surface area contributed by atoms with E-state index in [1.54, 1.807) is 24.3 Å². The molecule has 2 N–H and O–H groups in total. The number of hydrogen-bond donors (Lipinski definition) is 2. The third-order valence-corrected chi connectivity index (χ3v) is 4.92. The van der Waals surface area contributed by atoms with Crippen LogP contribution in [0.4, 0.5) is 5.69 Å². The van der Waals surface area contributed by atoms with Crippen LogP contribution >= 0.6 is 11.6 Å². The molecule has 4 nitrogen and oxygen atoms in total. The van der Waals surface area contributed by atoms with E-state index >= 15 is 0 Å². The van der Waals surface area contributed by atoms with Gasteiger partial charge in [-0.3, -0.25) is 9.59 Å². The Bertz CT molecular complexity index is 657. The molecule has 2 atom stereocenters. The van der Waals surface area contributed by atoms with Gasteiger partial charge in [0.25, 0.3) is 0 Å². The predicted octanol–water partition coefficient (Wildman–Crippen LogP) is 3.92. The molecule has 0 heterocycles. The maximum atomic E-state index is 12.2. The van der Waals surface area contributed by atoms with Crippen molar-refractivity contribution < 1.29 is 9.59 Å². The monoisotopic (exact) mass is 346 g/mol. The van der Waals surface area contributed by atoms with Gasteiger partial charge in [0.15, 0.2) is 0 Å². The number of rotatable bonds is 6. The van der Waals surface area contributed by atoms with E-state index in [-0.39, 0.29) is 23.7 Å². The van der Waals surface area contributed by atoms with Gasteiger partial charge in [-0.25, -0.2) is 0 Å². The lowest BCUT2D eigenvalue weighted by molar-refractivity contribution is -0.125. The summed E-state index contributed by atoms with van der Waals surface area (Å²) in [6, 6.07) is 7.04. The van der Waals surface area contributed by atoms with Crippen LogP contribution in [0.1, 0.15) is 38.5 Å². The first-order valence-corrected chi connectivity index (χ1v) is 9.03. The van der Waals surface area contributed by atoms with Crippen LogP contribution < -0.4 is 10.6 Å². The lowest BCUT2D eigenvalue weighted by Gasteiger charge is -2.13. The molecule has 2 aliphatic rings. The van der Waals surface area contributed by atoms with Crippen LogP contribution in [0, 0.1) is 11.8 Å². The van der Waals surface area contributed by atoms with E-state index in [0.717, 1.165) is 19.3 Å². The van der Waals surface area contributed by atoms with Gasteiger partial charge in [-0.15, -0.1) is 0 Å². The van der Waals surface area contributed by atoms with Gasteiger partial charge in [0.2, 0.25) is 11.8 Å². The Balaban J connectivity index is 1.40. The fraction of sp³-hybridized carbons (Fsp3) is 0.474. The lowest BCUT2D eigenvalue weighted by Crippen LogP contribution is -2.28. The number of allylic oxidation sites excluding steroid dienone is 1. The van der Waals surface area contributed by atoms with E-state index in [4.69, 9.17) is 11.6 Å². The van der Waals surface area contributed by atoms with E-state index in [9.17, 15) is 9.59 Å². The summed E-state index contributed by atoms with van der Waals surface area (Å²) in [6.45, 7) is 0.670. The lowest BCUT2D eigenvalue weighted by atomic mass is 9.97. The van der Waals surface area contributed by atoms with Crippen LogP contribution in [-0.2, 0) is 9.59 Å². The Kier molecular flexibility index (Phi) is 5.56. The minimum Gasteiger partial charge on any atom is -0.356 e. The standard InChI is InChI=1S/C19H23ClN2O2/c20-14-7-4-8-15(11-14)22-19(24)17-12-16(17)18(23)21-10-9-13-5-2-1-3-6-13/h4-5,7-8,11,16-17H,1-3,6,9-10,12H2,(H,21,23)(H,22,24). The van der Waals surface area contributed by atoms with Gasteiger partial charge >= 0.3 is 0 Å². The highest BCUT2D eigenvalue weighted by atomic mass is 35.5. The van der Waals surface area contributed by atoms with Gasteiger partial charge in [-0.1, -0.05) is 29.3 Å². The minimum absolute atomic E-state index is 0.00217. The number of carbonyl (C=O) groups is 2. The Morgan fingerprint density at radius 2 is 2.00 bits per heavy atom. The van der Waals surface area contributed by atoms with Crippen LogP contribution in [0.3, 0.4) is 0 Å². The number of hydrogen-bond acceptors (Lipinski definition) is 2. The zero-order valence-electron chi connectivity index (χ0n) is 13.7. The predicted molar refractivity (Wildman–Crippen MR) is 95.9 cm³/mol. The first-order valence-electron chi connectivity index (χ1n) is 8.65. The van der Waals surface area contributed by atoms with Crippen molar-refractivity contribution in [2.75, 3.05) is 11.9 Å². The summed E-state index contributed by atoms with van der Waals surface area (Å²) in [4.78, 5) is 24.3. The fourth-order valence-electron chi connectivity index (χ4n) is 3.18. The zero-order chi connectivity index (χ0) is 16.9. The second-order valence-electron chi connectivity index (χ2n) is 6.60. The average Bonchev–Trinajstić information content (AvgIpc) is 3.37. The maximum Gasteiger partial charge on any atom is 0.228 e. The van der Waals surface area contributed by atoms with Gasteiger partial charge in [-0.05, 0) is 56.7 Å². The first-order chi connectivity index (χ1) is 11.6. The van der Waals surface area contributed by atoms with Gasteiger partial charge in [0, 0.05) is 17.3 Å². The Morgan fingerprint density at radius 1 is 1.17 bits per heavy atom. The topological polar surface area (TPSA) is 58.2 Å². The summed E-state index contributed by atoms with van der Waals surface area (Å²) in [7, 11) is 0. The fourth-order valence-corrected chi connectivity index (χ4v) is 3.38. The molecule has 1 saturated carbocycles. The molecule has 2 aliphatic carbocycles. The van der Waals surface area contributed by atoms with Crippen molar-refractivity contribution >= 4 is 29.1 Å². The highest BCUT2D eigenvalue weighted by Gasteiger charge is 2.47. The second kappa shape index (κ2) is 7.84. The van der Waals surface area contributed by atoms with Crippen molar-refractivity contribution in [1.82, 2.24) is 5.32 Å². The largest absolute Gasteiger partial charge is 0.356 e. The molecule has 0 bridgehead atoms. The van der Waals surface area contributed by atoms with E-state index < -0.39 is 0 Å². The van der Waals surface area contributed by atoms with Gasteiger partial charge in [-0.2, -0.15) is 0 Å². The number of nitrogens with one attached hydrogen (secondary N) is 2. The number of halogens is 1. The SMILES string of the molecule is O=C(NCCC1=CCCCC1)C1CC1C(=O)Nc1cccc(Cl)c1. The molecule has 2 unspecified atom stereocenters. The molecule has 0 aliphatic heterocycles. The zero-order valence-corrected chi connectivity index (χ0v) is 14.4. The highest BCUT2D eigenvalue weighted by Crippen LogP contribution is 2.39. The van der Waals surface area contributed by atoms with Gasteiger partial charge in [0.1, 0.15) is 0 Å². The maximum absolute atomic E-state index is 12.2. The number of benzene rings is 1. The number of carbonyl (C=O) groups excluding carboxylic acids is 2. The van der Waals surface area contributed by atoms with Crippen LogP contribution in [0.2, 0.25) is 5.02 Å². The third kappa shape index (κ3) is 4.60. The van der Waals surface area contributed by atoms with E-state index in [0.29, 0.717) is 23.7 Å². The quantitative estimate of drug-likeness (QED) is 0.767. The molecule has 5 heteroatoms. The summed E-state index contributed by atoms with van der Waals surface area (Å²) >= 11 is 5.90. The molecule has 0 aromatic heterocycles. The smallest absolute Gasteiger partial charge is 0.228 e. The molecule has 0 spiro atoms. The summed E-state index contributed by atoms with van der Waals surface area (Å²) in [6.07, 6.45) is 8.71. The number of amides is 2. The van der Waals surface area contributed by atoms with Gasteiger partial charge < -0.3 is 10.6 Å². The summed E-state index contributed by atoms with van der Waals surface area (Å²) in [5.74, 6) is -0.521. The molecule has 0 saturated heterocycles. The van der Waals surface area contributed by atoms with Crippen molar-refractivity contribution in [3.63, 3.8) is 0 Å². The van der Waals surface area contributed by atoms with Gasteiger partial charge in [0.05, 0.1) is 11.8 Å². The molecule has 2 amide bonds. The second-order valence-corrected chi connectivity index (χ2v) is 7.03. The third-order valence-electron chi connectivity index (χ3n) is 4.69. The molecular weight excluding hydrogens is 324 g/mol. The van der Waals surface area contributed by atoms with Crippen molar-refractivity contribution in [3.05, 3.63) is 40.9 Å². The van der Waals surface area contributed by atoms with Crippen molar-refractivity contribution in [2.24, 2.45) is 11.8 Å². The van der Waals surface area contributed by atoms with E-state index in [1.807, 2.05) is 0 Å². The van der Waals surface area contributed by atoms with Crippen molar-refractivity contribution in [1.29, 1.82) is 0 Å². The van der Waals surface area contributed by atoms with Crippen LogP contribution in [0.25, 0.3) is 0 Å². The summed E-state index contributed by atoms with van der Waals surface area (Å²) in [5.41, 5.74) is 2.12. The number of anilines is 1. The van der Waals surface area contributed by atoms with Crippen LogP contribution in [0.5, 0.6) is 0 Å². The van der Waals surface area contributed by atoms with Crippen LogP contribution in [0.15, 0.2) is 35.9 Å². The Hall–Kier alpha value is -1.81. The minimum atomic E-state index is -0.224. The highest BCUT2D eigenvalue weighted by molar-refractivity contribution is 6.30. The normalized spacial score (nSPS) is 22.5. The average molecular weight is 347 g/mol. The van der Waals surface area contributed by atoms with Crippen molar-refractivity contribution in [3.8, 4) is 0 Å². The Morgan fingerprint density at radius 3 is 2.75 bits per heavy atom. The first kappa shape index (κ1) is 17.0. The molecule has 1 aromatic carbocycles. The van der Waals surface area contributed by atoms with Crippen LogP contribution in [-0.4, -0.2) is 18.4 Å². The summed E-state index contributed by atoms with van der Waals surface area (Å²) < 4.78 is 0. The van der Waals surface area contributed by atoms with E-state index in [2.05, 4.69) is 16.7 Å². The molecular formula is C19H23ClN2O2. The Labute approximate surface area is 147 Å². The molecule has 128 valence electrons. The van der Waals surface area contributed by atoms with Crippen molar-refractivity contribution in [2.45, 2.75) is 38.5 Å². The molecule has 3 rings (SSSR count). The molecule has 0 radical (unpaired) electrons. The van der Waals surface area contributed by atoms with E-state index in [1.165, 1.54) is 18.4 Å².